The maximum atomic E-state index is 12.4. The predicted octanol–water partition coefficient (Wildman–Crippen LogP) is 3.30. The van der Waals surface area contributed by atoms with Gasteiger partial charge in [-0.15, -0.1) is 12.4 Å². The van der Waals surface area contributed by atoms with Gasteiger partial charge >= 0.3 is 0 Å². The lowest BCUT2D eigenvalue weighted by atomic mass is 10.1. The van der Waals surface area contributed by atoms with Crippen LogP contribution in [0, 0.1) is 6.92 Å². The first-order valence-corrected chi connectivity index (χ1v) is 8.84. The third kappa shape index (κ3) is 4.85. The van der Waals surface area contributed by atoms with Crippen molar-refractivity contribution in [3.05, 3.63) is 28.2 Å². The number of rotatable bonds is 4. The van der Waals surface area contributed by atoms with Crippen LogP contribution in [0.1, 0.15) is 31.2 Å². The Bertz CT molecular complexity index is 555. The molecule has 1 amide bonds. The molecule has 0 saturated carbocycles. The fourth-order valence-electron chi connectivity index (χ4n) is 3.30. The van der Waals surface area contributed by atoms with E-state index in [1.54, 1.807) is 0 Å². The maximum absolute atomic E-state index is 12.4. The van der Waals surface area contributed by atoms with E-state index >= 15 is 0 Å². The Balaban J connectivity index is 0.00000192. The molecule has 0 aliphatic carbocycles. The number of ether oxygens (including phenoxy) is 1. The third-order valence-electron chi connectivity index (χ3n) is 4.54. The molecule has 1 N–H and O–H groups in total. The first kappa shape index (κ1) is 18.6. The van der Waals surface area contributed by atoms with Crippen molar-refractivity contribution in [2.24, 2.45) is 0 Å². The Hall–Kier alpha value is -0.780. The summed E-state index contributed by atoms with van der Waals surface area (Å²) >= 11 is 3.49. The number of benzene rings is 1. The van der Waals surface area contributed by atoms with Gasteiger partial charge in [0.2, 0.25) is 5.91 Å². The number of carbonyl (C=O) groups is 1. The Kier molecular flexibility index (Phi) is 6.74. The number of likely N-dealkylation sites (tertiary alicyclic amines) is 1. The van der Waals surface area contributed by atoms with Crippen molar-refractivity contribution in [1.82, 2.24) is 10.2 Å². The summed E-state index contributed by atoms with van der Waals surface area (Å²) in [6, 6.07) is 7.08. The van der Waals surface area contributed by atoms with Gasteiger partial charge in [-0.1, -0.05) is 6.07 Å². The molecule has 3 rings (SSSR count). The van der Waals surface area contributed by atoms with Gasteiger partial charge in [0.1, 0.15) is 5.75 Å². The van der Waals surface area contributed by atoms with Crippen LogP contribution < -0.4 is 10.1 Å². The van der Waals surface area contributed by atoms with Crippen LogP contribution in [0.4, 0.5) is 0 Å². The van der Waals surface area contributed by atoms with Gasteiger partial charge in [-0.25, -0.2) is 0 Å². The molecule has 0 spiro atoms. The number of amides is 1. The second-order valence-corrected chi connectivity index (χ2v) is 7.15. The lowest BCUT2D eigenvalue weighted by molar-refractivity contribution is -0.131. The second kappa shape index (κ2) is 8.36. The third-order valence-corrected chi connectivity index (χ3v) is 5.16. The van der Waals surface area contributed by atoms with E-state index in [0.29, 0.717) is 25.1 Å². The minimum Gasteiger partial charge on any atom is -0.492 e. The summed E-state index contributed by atoms with van der Waals surface area (Å²) in [4.78, 5) is 14.4. The van der Waals surface area contributed by atoms with Gasteiger partial charge in [-0.2, -0.15) is 0 Å². The van der Waals surface area contributed by atoms with E-state index in [4.69, 9.17) is 4.74 Å². The molecule has 23 heavy (non-hydrogen) atoms. The zero-order valence-electron chi connectivity index (χ0n) is 13.4. The highest BCUT2D eigenvalue weighted by Gasteiger charge is 2.30. The lowest BCUT2D eigenvalue weighted by Gasteiger charge is -2.24. The van der Waals surface area contributed by atoms with Crippen LogP contribution in [0.25, 0.3) is 0 Å². The van der Waals surface area contributed by atoms with Gasteiger partial charge in [0.05, 0.1) is 17.5 Å². The molecule has 1 aromatic carbocycles. The molecule has 0 aromatic heterocycles. The highest BCUT2D eigenvalue weighted by Crippen LogP contribution is 2.26. The van der Waals surface area contributed by atoms with Crippen LogP contribution in [-0.4, -0.2) is 42.6 Å². The Morgan fingerprint density at radius 1 is 1.35 bits per heavy atom. The summed E-state index contributed by atoms with van der Waals surface area (Å²) in [5.74, 6) is 1.01. The molecule has 2 unspecified atom stereocenters. The molecular weight excluding hydrogens is 380 g/mol. The van der Waals surface area contributed by atoms with Crippen LogP contribution in [0.5, 0.6) is 5.75 Å². The monoisotopic (exact) mass is 402 g/mol. The second-order valence-electron chi connectivity index (χ2n) is 6.30. The molecule has 6 heteroatoms. The van der Waals surface area contributed by atoms with Crippen molar-refractivity contribution in [1.29, 1.82) is 0 Å². The van der Waals surface area contributed by atoms with Crippen LogP contribution in [0.2, 0.25) is 0 Å². The molecule has 2 heterocycles. The van der Waals surface area contributed by atoms with Crippen LogP contribution in [-0.2, 0) is 4.79 Å². The molecule has 2 atom stereocenters. The van der Waals surface area contributed by atoms with Gasteiger partial charge in [0.25, 0.3) is 0 Å². The zero-order valence-corrected chi connectivity index (χ0v) is 15.8. The molecule has 2 bridgehead atoms. The number of nitrogens with one attached hydrogen (secondary N) is 1. The molecule has 2 fully saturated rings. The number of fused-ring (bicyclic) bond motifs is 2. The van der Waals surface area contributed by atoms with Crippen LogP contribution in [0.3, 0.4) is 0 Å². The topological polar surface area (TPSA) is 41.6 Å². The van der Waals surface area contributed by atoms with Gasteiger partial charge in [-0.05, 0) is 59.8 Å². The summed E-state index contributed by atoms with van der Waals surface area (Å²) in [6.45, 7) is 4.20. The number of carbonyl (C=O) groups excluding carboxylic acids is 1. The van der Waals surface area contributed by atoms with Gasteiger partial charge < -0.3 is 15.0 Å². The highest BCUT2D eigenvalue weighted by molar-refractivity contribution is 9.10. The Morgan fingerprint density at radius 3 is 2.91 bits per heavy atom. The fraction of sp³-hybridized carbons (Fsp3) is 0.588. The summed E-state index contributed by atoms with van der Waals surface area (Å²) in [5, 5.41) is 3.60. The number of hydrogen-bond donors (Lipinski definition) is 1. The van der Waals surface area contributed by atoms with E-state index in [9.17, 15) is 4.79 Å². The van der Waals surface area contributed by atoms with E-state index in [1.807, 2.05) is 30.0 Å². The number of aryl methyl sites for hydroxylation is 1. The quantitative estimate of drug-likeness (QED) is 0.838. The van der Waals surface area contributed by atoms with Crippen molar-refractivity contribution >= 4 is 34.2 Å². The molecule has 4 nitrogen and oxygen atoms in total. The van der Waals surface area contributed by atoms with E-state index < -0.39 is 0 Å². The van der Waals surface area contributed by atoms with E-state index in [2.05, 4.69) is 21.2 Å². The van der Waals surface area contributed by atoms with Crippen LogP contribution >= 0.6 is 28.3 Å². The van der Waals surface area contributed by atoms with Crippen molar-refractivity contribution < 1.29 is 9.53 Å². The molecule has 2 aliphatic heterocycles. The largest absolute Gasteiger partial charge is 0.492 e. The summed E-state index contributed by atoms with van der Waals surface area (Å²) in [5.41, 5.74) is 1.18. The maximum Gasteiger partial charge on any atom is 0.226 e. The molecule has 2 saturated heterocycles. The SMILES string of the molecule is Cc1ccc(OCCC(=O)N2CCC3CCC(C2)N3)c(Br)c1.Cl. The average molecular weight is 404 g/mol. The Labute approximate surface area is 152 Å². The molecular formula is C17H24BrClN2O2. The minimum absolute atomic E-state index is 0. The molecule has 0 radical (unpaired) electrons. The van der Waals surface area contributed by atoms with Crippen molar-refractivity contribution in [2.45, 2.75) is 44.7 Å². The van der Waals surface area contributed by atoms with E-state index in [1.165, 1.54) is 18.4 Å². The van der Waals surface area contributed by atoms with Crippen molar-refractivity contribution in [2.75, 3.05) is 19.7 Å². The van der Waals surface area contributed by atoms with E-state index in [0.717, 1.165) is 29.7 Å². The Morgan fingerprint density at radius 2 is 2.13 bits per heavy atom. The highest BCUT2D eigenvalue weighted by atomic mass is 79.9. The normalized spacial score (nSPS) is 23.1. The van der Waals surface area contributed by atoms with E-state index in [-0.39, 0.29) is 18.3 Å². The summed E-state index contributed by atoms with van der Waals surface area (Å²) < 4.78 is 6.68. The predicted molar refractivity (Wildman–Crippen MR) is 97.4 cm³/mol. The fourth-order valence-corrected chi connectivity index (χ4v) is 3.91. The minimum atomic E-state index is 0. The first-order chi connectivity index (χ1) is 10.6. The standard InChI is InChI=1S/C17H23BrN2O2.ClH/c1-12-2-5-16(15(18)10-12)22-9-7-17(21)20-8-6-13-3-4-14(11-20)19-13;/h2,5,10,13-14,19H,3-4,6-9,11H2,1H3;1H. The number of nitrogens with zero attached hydrogens (tertiary/aromatic N) is 1. The number of halogens is 2. The van der Waals surface area contributed by atoms with Gasteiger partial charge in [0.15, 0.2) is 0 Å². The van der Waals surface area contributed by atoms with Gasteiger partial charge in [-0.3, -0.25) is 4.79 Å². The molecule has 1 aromatic rings. The molecule has 128 valence electrons. The summed E-state index contributed by atoms with van der Waals surface area (Å²) in [6.07, 6.45) is 3.98. The first-order valence-electron chi connectivity index (χ1n) is 8.04. The molecule has 2 aliphatic rings. The smallest absolute Gasteiger partial charge is 0.226 e. The zero-order chi connectivity index (χ0) is 15.5. The van der Waals surface area contributed by atoms with Crippen molar-refractivity contribution in [3.8, 4) is 5.75 Å². The van der Waals surface area contributed by atoms with Gasteiger partial charge in [0, 0.05) is 25.2 Å². The average Bonchev–Trinajstić information content (AvgIpc) is 2.80. The summed E-state index contributed by atoms with van der Waals surface area (Å²) in [7, 11) is 0. The van der Waals surface area contributed by atoms with Crippen LogP contribution in [0.15, 0.2) is 22.7 Å². The lowest BCUT2D eigenvalue weighted by Crippen LogP contribution is -2.39. The number of hydrogen-bond acceptors (Lipinski definition) is 3. The van der Waals surface area contributed by atoms with Crippen molar-refractivity contribution in [3.63, 3.8) is 0 Å².